The fraction of sp³-hybridized carbons (Fsp3) is 0.706. The first-order valence-corrected chi connectivity index (χ1v) is 8.36. The van der Waals surface area contributed by atoms with Gasteiger partial charge in [0.2, 0.25) is 0 Å². The smallest absolute Gasteiger partial charge is 0.128 e. The van der Waals surface area contributed by atoms with E-state index in [4.69, 9.17) is 9.72 Å². The number of ether oxygens (including phenoxy) is 1. The van der Waals surface area contributed by atoms with Gasteiger partial charge >= 0.3 is 0 Å². The molecule has 0 radical (unpaired) electrons. The monoisotopic (exact) mass is 415 g/mol. The highest BCUT2D eigenvalue weighted by atomic mass is 127. The lowest BCUT2D eigenvalue weighted by molar-refractivity contribution is -0.926. The van der Waals surface area contributed by atoms with Gasteiger partial charge in [0.1, 0.15) is 5.82 Å². The first-order chi connectivity index (χ1) is 10.2. The van der Waals surface area contributed by atoms with Gasteiger partial charge in [-0.05, 0) is 17.5 Å². The van der Waals surface area contributed by atoms with Crippen molar-refractivity contribution in [3.05, 3.63) is 23.9 Å². The van der Waals surface area contributed by atoms with Gasteiger partial charge in [-0.25, -0.2) is 4.98 Å². The molecule has 1 aromatic heterocycles. The molecule has 1 unspecified atom stereocenters. The number of hydrogen-bond donors (Lipinski definition) is 0. The van der Waals surface area contributed by atoms with Crippen LogP contribution in [0.25, 0.3) is 0 Å². The highest BCUT2D eigenvalue weighted by molar-refractivity contribution is 5.40. The standard InChI is InChI=1S/C17H26N3O.HI/c1-20-8-4-14(5-9-20)16(13-20)15-2-3-17(18-12-15)19-6-10-21-11-7-19;/h2-3,12,14,16H,4-11,13H2,1H3;1H/q+1;/p-1. The number of pyridine rings is 1. The van der Waals surface area contributed by atoms with Crippen LogP contribution in [-0.2, 0) is 4.74 Å². The number of aromatic nitrogens is 1. The second kappa shape index (κ2) is 6.61. The average Bonchev–Trinajstić information content (AvgIpc) is 2.56. The zero-order valence-electron chi connectivity index (χ0n) is 13.4. The van der Waals surface area contributed by atoms with E-state index in [2.05, 4.69) is 30.3 Å². The van der Waals surface area contributed by atoms with Crippen LogP contribution in [-0.4, -0.2) is 62.5 Å². The van der Waals surface area contributed by atoms with Crippen LogP contribution in [0.4, 0.5) is 5.82 Å². The molecule has 4 fully saturated rings. The topological polar surface area (TPSA) is 25.4 Å². The predicted molar refractivity (Wildman–Crippen MR) is 83.5 cm³/mol. The van der Waals surface area contributed by atoms with E-state index in [0.717, 1.165) is 44.0 Å². The molecule has 0 N–H and O–H groups in total. The molecule has 1 aromatic rings. The molecular weight excluding hydrogens is 389 g/mol. The van der Waals surface area contributed by atoms with Crippen molar-refractivity contribution >= 4 is 5.82 Å². The molecular formula is C17H26IN3O. The number of piperidine rings is 3. The largest absolute Gasteiger partial charge is 1.00 e. The Kier molecular flexibility index (Phi) is 4.95. The van der Waals surface area contributed by atoms with Crippen molar-refractivity contribution in [3.8, 4) is 0 Å². The van der Waals surface area contributed by atoms with Crippen molar-refractivity contribution < 1.29 is 33.2 Å². The molecule has 5 heterocycles. The van der Waals surface area contributed by atoms with Crippen molar-refractivity contribution in [1.29, 1.82) is 0 Å². The number of anilines is 1. The molecule has 0 aromatic carbocycles. The van der Waals surface area contributed by atoms with E-state index < -0.39 is 0 Å². The van der Waals surface area contributed by atoms with E-state index in [1.165, 1.54) is 42.5 Å². The molecule has 2 bridgehead atoms. The maximum atomic E-state index is 5.41. The fourth-order valence-corrected chi connectivity index (χ4v) is 4.39. The average molecular weight is 415 g/mol. The second-order valence-corrected chi connectivity index (χ2v) is 7.24. The highest BCUT2D eigenvalue weighted by Crippen LogP contribution is 2.42. The van der Waals surface area contributed by atoms with Gasteiger partial charge in [-0.1, -0.05) is 6.07 Å². The molecule has 0 saturated carbocycles. The predicted octanol–water partition coefficient (Wildman–Crippen LogP) is -1.12. The van der Waals surface area contributed by atoms with Crippen molar-refractivity contribution in [2.45, 2.75) is 18.8 Å². The lowest BCUT2D eigenvalue weighted by atomic mass is 9.74. The summed E-state index contributed by atoms with van der Waals surface area (Å²) < 4.78 is 6.68. The van der Waals surface area contributed by atoms with E-state index in [1.54, 1.807) is 0 Å². The van der Waals surface area contributed by atoms with Crippen molar-refractivity contribution in [1.82, 2.24) is 4.98 Å². The summed E-state index contributed by atoms with van der Waals surface area (Å²) in [6.07, 6.45) is 4.93. The van der Waals surface area contributed by atoms with E-state index >= 15 is 0 Å². The number of quaternary nitrogens is 1. The van der Waals surface area contributed by atoms with Crippen LogP contribution in [0.5, 0.6) is 0 Å². The van der Waals surface area contributed by atoms with Crippen molar-refractivity contribution in [2.24, 2.45) is 5.92 Å². The summed E-state index contributed by atoms with van der Waals surface area (Å²) in [5.74, 6) is 2.73. The molecule has 0 spiro atoms. The molecule has 4 saturated heterocycles. The van der Waals surface area contributed by atoms with Crippen molar-refractivity contribution in [3.63, 3.8) is 0 Å². The molecule has 22 heavy (non-hydrogen) atoms. The molecule has 5 rings (SSSR count). The van der Waals surface area contributed by atoms with Gasteiger partial charge in [0.15, 0.2) is 0 Å². The molecule has 4 nitrogen and oxygen atoms in total. The Labute approximate surface area is 150 Å². The molecule has 0 amide bonds. The molecule has 0 aliphatic carbocycles. The van der Waals surface area contributed by atoms with Gasteiger partial charge in [-0.3, -0.25) is 0 Å². The summed E-state index contributed by atoms with van der Waals surface area (Å²) >= 11 is 0. The van der Waals surface area contributed by atoms with Crippen LogP contribution in [0.2, 0.25) is 0 Å². The quantitative estimate of drug-likeness (QED) is 0.452. The zero-order valence-corrected chi connectivity index (χ0v) is 15.5. The first kappa shape index (κ1) is 16.5. The van der Waals surface area contributed by atoms with Crippen LogP contribution in [0.3, 0.4) is 0 Å². The summed E-state index contributed by atoms with van der Waals surface area (Å²) in [4.78, 5) is 7.08. The Morgan fingerprint density at radius 1 is 1.18 bits per heavy atom. The number of nitrogens with zero attached hydrogens (tertiary/aromatic N) is 3. The van der Waals surface area contributed by atoms with E-state index in [9.17, 15) is 0 Å². The van der Waals surface area contributed by atoms with Gasteiger partial charge in [-0.2, -0.15) is 0 Å². The van der Waals surface area contributed by atoms with Gasteiger partial charge in [0.05, 0.1) is 39.9 Å². The summed E-state index contributed by atoms with van der Waals surface area (Å²) in [7, 11) is 2.43. The van der Waals surface area contributed by atoms with E-state index in [0.29, 0.717) is 0 Å². The number of fused-ring (bicyclic) bond motifs is 3. The van der Waals surface area contributed by atoms with Crippen LogP contribution in [0.15, 0.2) is 18.3 Å². The normalized spacial score (nSPS) is 34.3. The Hall–Kier alpha value is -0.400. The summed E-state index contributed by atoms with van der Waals surface area (Å²) in [5.41, 5.74) is 1.46. The third-order valence-electron chi connectivity index (χ3n) is 5.82. The van der Waals surface area contributed by atoms with E-state index in [-0.39, 0.29) is 24.0 Å². The lowest BCUT2D eigenvalue weighted by Gasteiger charge is -2.50. The third-order valence-corrected chi connectivity index (χ3v) is 5.82. The Morgan fingerprint density at radius 2 is 1.91 bits per heavy atom. The van der Waals surface area contributed by atoms with Gasteiger partial charge in [-0.15, -0.1) is 0 Å². The van der Waals surface area contributed by atoms with Gasteiger partial charge in [0, 0.05) is 38.0 Å². The first-order valence-electron chi connectivity index (χ1n) is 8.36. The van der Waals surface area contributed by atoms with Crippen LogP contribution < -0.4 is 28.9 Å². The maximum absolute atomic E-state index is 5.41. The van der Waals surface area contributed by atoms with Crippen molar-refractivity contribution in [2.75, 3.05) is 57.9 Å². The Morgan fingerprint density at radius 3 is 2.50 bits per heavy atom. The third kappa shape index (κ3) is 3.12. The molecule has 5 heteroatoms. The summed E-state index contributed by atoms with van der Waals surface area (Å²) in [5, 5.41) is 0. The number of hydrogen-bond acceptors (Lipinski definition) is 3. The van der Waals surface area contributed by atoms with Gasteiger partial charge in [0.25, 0.3) is 0 Å². The number of rotatable bonds is 2. The highest BCUT2D eigenvalue weighted by Gasteiger charge is 2.43. The van der Waals surface area contributed by atoms with Crippen LogP contribution >= 0.6 is 0 Å². The lowest BCUT2D eigenvalue weighted by Crippen LogP contribution is -3.00. The molecule has 122 valence electrons. The molecule has 1 atom stereocenters. The number of morpholine rings is 1. The second-order valence-electron chi connectivity index (χ2n) is 7.24. The van der Waals surface area contributed by atoms with Gasteiger partial charge < -0.3 is 38.1 Å². The number of halogens is 1. The molecule has 4 aliphatic heterocycles. The maximum Gasteiger partial charge on any atom is 0.128 e. The fourth-order valence-electron chi connectivity index (χ4n) is 4.39. The minimum Gasteiger partial charge on any atom is -1.00 e. The van der Waals surface area contributed by atoms with Crippen LogP contribution in [0, 0.1) is 5.92 Å². The zero-order chi connectivity index (χ0) is 14.3. The van der Waals surface area contributed by atoms with Crippen LogP contribution in [0.1, 0.15) is 24.3 Å². The van der Waals surface area contributed by atoms with E-state index in [1.807, 2.05) is 0 Å². The Balaban J connectivity index is 0.00000144. The Bertz CT molecular complexity index is 493. The SMILES string of the molecule is C[N+]12CCC(CC1)C(c1ccc(N3CCOCC3)nc1)C2.[I-]. The number of likely N-dealkylation sites (N-methyl/N-ethyl adjacent to an activating group) is 1. The molecule has 4 aliphatic rings. The minimum atomic E-state index is 0. The summed E-state index contributed by atoms with van der Waals surface area (Å²) in [6, 6.07) is 4.55. The summed E-state index contributed by atoms with van der Waals surface area (Å²) in [6.45, 7) is 7.64. The minimum absolute atomic E-state index is 0.